The van der Waals surface area contributed by atoms with E-state index in [-0.39, 0.29) is 12.1 Å². The second-order valence-electron chi connectivity index (χ2n) is 6.42. The lowest BCUT2D eigenvalue weighted by molar-refractivity contribution is -0.152. The number of ether oxygens (including phenoxy) is 1. The topological polar surface area (TPSA) is 38.3 Å². The van der Waals surface area contributed by atoms with Gasteiger partial charge in [-0.3, -0.25) is 4.79 Å². The molecule has 1 unspecified atom stereocenters. The van der Waals surface area contributed by atoms with Crippen molar-refractivity contribution in [2.45, 2.75) is 58.5 Å². The molecular weight excluding hydrogens is 214 g/mol. The molecule has 98 valence electrons. The fourth-order valence-electron chi connectivity index (χ4n) is 2.85. The van der Waals surface area contributed by atoms with Gasteiger partial charge in [0.05, 0.1) is 0 Å². The monoisotopic (exact) mass is 239 g/mol. The Labute approximate surface area is 104 Å². The molecule has 1 aliphatic heterocycles. The zero-order chi connectivity index (χ0) is 12.3. The van der Waals surface area contributed by atoms with Crippen LogP contribution in [0.5, 0.6) is 0 Å². The van der Waals surface area contributed by atoms with Crippen molar-refractivity contribution in [3.05, 3.63) is 0 Å². The Hall–Kier alpha value is -0.570. The number of carbonyl (C=O) groups excluding carboxylic acids is 1. The zero-order valence-corrected chi connectivity index (χ0v) is 11.1. The van der Waals surface area contributed by atoms with Gasteiger partial charge in [0.2, 0.25) is 0 Å². The van der Waals surface area contributed by atoms with Crippen molar-refractivity contribution in [1.82, 2.24) is 5.32 Å². The van der Waals surface area contributed by atoms with E-state index in [0.29, 0.717) is 17.8 Å². The van der Waals surface area contributed by atoms with Gasteiger partial charge in [0.15, 0.2) is 0 Å². The Kier molecular flexibility index (Phi) is 4.08. The van der Waals surface area contributed by atoms with Crippen molar-refractivity contribution in [3.8, 4) is 0 Å². The molecule has 0 radical (unpaired) electrons. The molecule has 0 aromatic heterocycles. The molecule has 1 saturated heterocycles. The fourth-order valence-corrected chi connectivity index (χ4v) is 2.85. The van der Waals surface area contributed by atoms with E-state index in [1.165, 1.54) is 12.8 Å². The number of hydrogen-bond acceptors (Lipinski definition) is 3. The molecule has 3 heteroatoms. The van der Waals surface area contributed by atoms with Crippen LogP contribution in [-0.2, 0) is 9.53 Å². The number of nitrogens with one attached hydrogen (secondary N) is 1. The summed E-state index contributed by atoms with van der Waals surface area (Å²) in [6.07, 6.45) is 6.35. The maximum Gasteiger partial charge on any atom is 0.306 e. The molecule has 1 atom stereocenters. The Morgan fingerprint density at radius 3 is 2.59 bits per heavy atom. The van der Waals surface area contributed by atoms with Crippen LogP contribution < -0.4 is 5.32 Å². The van der Waals surface area contributed by atoms with Gasteiger partial charge in [-0.15, -0.1) is 0 Å². The quantitative estimate of drug-likeness (QED) is 0.769. The van der Waals surface area contributed by atoms with Gasteiger partial charge in [0, 0.05) is 6.42 Å². The van der Waals surface area contributed by atoms with Gasteiger partial charge in [-0.1, -0.05) is 13.8 Å². The van der Waals surface area contributed by atoms with Crippen LogP contribution in [0.2, 0.25) is 0 Å². The van der Waals surface area contributed by atoms with E-state index in [1.807, 2.05) is 0 Å². The Bertz CT molecular complexity index is 259. The lowest BCUT2D eigenvalue weighted by Crippen LogP contribution is -2.29. The van der Waals surface area contributed by atoms with E-state index in [9.17, 15) is 4.79 Å². The van der Waals surface area contributed by atoms with Crippen LogP contribution in [-0.4, -0.2) is 25.2 Å². The Morgan fingerprint density at radius 2 is 2.00 bits per heavy atom. The van der Waals surface area contributed by atoms with Crippen molar-refractivity contribution in [3.63, 3.8) is 0 Å². The summed E-state index contributed by atoms with van der Waals surface area (Å²) in [7, 11) is 0. The van der Waals surface area contributed by atoms with Gasteiger partial charge in [0.25, 0.3) is 0 Å². The lowest BCUT2D eigenvalue weighted by atomic mass is 9.76. The highest BCUT2D eigenvalue weighted by molar-refractivity contribution is 5.70. The number of esters is 1. The lowest BCUT2D eigenvalue weighted by Gasteiger charge is -2.34. The average molecular weight is 239 g/mol. The van der Waals surface area contributed by atoms with Gasteiger partial charge < -0.3 is 10.1 Å². The second-order valence-corrected chi connectivity index (χ2v) is 6.42. The largest absolute Gasteiger partial charge is 0.462 e. The van der Waals surface area contributed by atoms with Gasteiger partial charge in [-0.2, -0.15) is 0 Å². The van der Waals surface area contributed by atoms with E-state index in [2.05, 4.69) is 19.2 Å². The van der Waals surface area contributed by atoms with E-state index in [0.717, 1.165) is 32.4 Å². The first-order chi connectivity index (χ1) is 8.05. The molecule has 0 bridgehead atoms. The van der Waals surface area contributed by atoms with Crippen molar-refractivity contribution < 1.29 is 9.53 Å². The molecule has 0 spiro atoms. The second kappa shape index (κ2) is 5.38. The molecule has 1 aliphatic carbocycles. The molecule has 2 rings (SSSR count). The maximum absolute atomic E-state index is 11.8. The predicted octanol–water partition coefficient (Wildman–Crippen LogP) is 2.50. The number of rotatable bonds is 3. The summed E-state index contributed by atoms with van der Waals surface area (Å²) in [6.45, 7) is 6.63. The first-order valence-corrected chi connectivity index (χ1v) is 6.95. The number of hydrogen-bond donors (Lipinski definition) is 1. The SMILES string of the molecule is CC1(C)CCC(OC(=O)CC2CCNC2)CC1. The van der Waals surface area contributed by atoms with Crippen LogP contribution in [0, 0.1) is 11.3 Å². The van der Waals surface area contributed by atoms with E-state index < -0.39 is 0 Å². The summed E-state index contributed by atoms with van der Waals surface area (Å²) in [5.74, 6) is 0.519. The van der Waals surface area contributed by atoms with E-state index in [4.69, 9.17) is 4.74 Å². The fraction of sp³-hybridized carbons (Fsp3) is 0.929. The van der Waals surface area contributed by atoms with Crippen LogP contribution in [0.3, 0.4) is 0 Å². The smallest absolute Gasteiger partial charge is 0.306 e. The molecule has 17 heavy (non-hydrogen) atoms. The van der Waals surface area contributed by atoms with Gasteiger partial charge in [-0.25, -0.2) is 0 Å². The molecule has 0 aromatic carbocycles. The normalized spacial score (nSPS) is 29.2. The van der Waals surface area contributed by atoms with Gasteiger partial charge in [-0.05, 0) is 56.5 Å². The first-order valence-electron chi connectivity index (χ1n) is 6.95. The van der Waals surface area contributed by atoms with Crippen LogP contribution in [0.25, 0.3) is 0 Å². The molecular formula is C14H25NO2. The van der Waals surface area contributed by atoms with Crippen LogP contribution in [0.1, 0.15) is 52.4 Å². The standard InChI is InChI=1S/C14H25NO2/c1-14(2)6-3-12(4-7-14)17-13(16)9-11-5-8-15-10-11/h11-12,15H,3-10H2,1-2H3. The van der Waals surface area contributed by atoms with Crippen molar-refractivity contribution in [2.24, 2.45) is 11.3 Å². The third-order valence-electron chi connectivity index (χ3n) is 4.20. The van der Waals surface area contributed by atoms with Crippen molar-refractivity contribution in [1.29, 1.82) is 0 Å². The van der Waals surface area contributed by atoms with Crippen LogP contribution in [0.15, 0.2) is 0 Å². The zero-order valence-electron chi connectivity index (χ0n) is 11.1. The first kappa shape index (κ1) is 12.9. The van der Waals surface area contributed by atoms with Crippen LogP contribution in [0.4, 0.5) is 0 Å². The van der Waals surface area contributed by atoms with Crippen LogP contribution >= 0.6 is 0 Å². The molecule has 0 aromatic rings. The minimum atomic E-state index is 0.0170. The number of carbonyl (C=O) groups is 1. The Balaban J connectivity index is 1.68. The highest BCUT2D eigenvalue weighted by atomic mass is 16.5. The molecule has 1 N–H and O–H groups in total. The highest BCUT2D eigenvalue weighted by Gasteiger charge is 2.29. The summed E-state index contributed by atoms with van der Waals surface area (Å²) in [4.78, 5) is 11.8. The van der Waals surface area contributed by atoms with Gasteiger partial charge in [0.1, 0.15) is 6.10 Å². The molecule has 0 amide bonds. The summed E-state index contributed by atoms with van der Waals surface area (Å²) < 4.78 is 5.58. The minimum Gasteiger partial charge on any atom is -0.462 e. The summed E-state index contributed by atoms with van der Waals surface area (Å²) in [5.41, 5.74) is 0.443. The molecule has 1 saturated carbocycles. The maximum atomic E-state index is 11.8. The molecule has 1 heterocycles. The summed E-state index contributed by atoms with van der Waals surface area (Å²) in [6, 6.07) is 0. The summed E-state index contributed by atoms with van der Waals surface area (Å²) >= 11 is 0. The molecule has 2 aliphatic rings. The van der Waals surface area contributed by atoms with Crippen molar-refractivity contribution in [2.75, 3.05) is 13.1 Å². The Morgan fingerprint density at radius 1 is 1.29 bits per heavy atom. The predicted molar refractivity (Wildman–Crippen MR) is 67.7 cm³/mol. The third-order valence-corrected chi connectivity index (χ3v) is 4.20. The molecule has 3 nitrogen and oxygen atoms in total. The van der Waals surface area contributed by atoms with Crippen molar-refractivity contribution >= 4 is 5.97 Å². The summed E-state index contributed by atoms with van der Waals surface area (Å²) in [5, 5.41) is 3.28. The van der Waals surface area contributed by atoms with E-state index in [1.54, 1.807) is 0 Å². The third kappa shape index (κ3) is 3.98. The van der Waals surface area contributed by atoms with Gasteiger partial charge >= 0.3 is 5.97 Å². The average Bonchev–Trinajstić information content (AvgIpc) is 2.74. The highest BCUT2D eigenvalue weighted by Crippen LogP contribution is 2.36. The molecule has 2 fully saturated rings. The van der Waals surface area contributed by atoms with E-state index >= 15 is 0 Å². The minimum absolute atomic E-state index is 0.0170.